The first-order chi connectivity index (χ1) is 9.18. The van der Waals surface area contributed by atoms with Crippen LogP contribution in [0.2, 0.25) is 0 Å². The second-order valence-electron chi connectivity index (χ2n) is 6.73. The second kappa shape index (κ2) is 4.90. The molecule has 0 aliphatic heterocycles. The first kappa shape index (κ1) is 13.1. The maximum Gasteiger partial charge on any atom is 0.123 e. The third-order valence-corrected chi connectivity index (χ3v) is 5.31. The van der Waals surface area contributed by atoms with Crippen molar-refractivity contribution in [3.8, 4) is 0 Å². The summed E-state index contributed by atoms with van der Waals surface area (Å²) in [5.41, 5.74) is 2.17. The van der Waals surface area contributed by atoms with Gasteiger partial charge in [0, 0.05) is 12.0 Å². The summed E-state index contributed by atoms with van der Waals surface area (Å²) in [6.45, 7) is 1.01. The molecular formula is C17H24FN. The zero-order valence-electron chi connectivity index (χ0n) is 11.8. The Morgan fingerprint density at radius 3 is 2.26 bits per heavy atom. The molecule has 0 aromatic heterocycles. The molecule has 1 nitrogen and oxygen atoms in total. The van der Waals surface area contributed by atoms with Gasteiger partial charge in [-0.3, -0.25) is 0 Å². The van der Waals surface area contributed by atoms with E-state index in [4.69, 9.17) is 0 Å². The lowest BCUT2D eigenvalue weighted by Crippen LogP contribution is -2.55. The Labute approximate surface area is 115 Å². The monoisotopic (exact) mass is 261 g/mol. The lowest BCUT2D eigenvalue weighted by atomic mass is 9.46. The van der Waals surface area contributed by atoms with Crippen molar-refractivity contribution in [3.05, 3.63) is 35.6 Å². The van der Waals surface area contributed by atoms with Gasteiger partial charge in [-0.25, -0.2) is 4.39 Å². The molecule has 2 saturated carbocycles. The van der Waals surface area contributed by atoms with Crippen LogP contribution in [0.5, 0.6) is 0 Å². The van der Waals surface area contributed by atoms with Gasteiger partial charge in [-0.1, -0.05) is 31.4 Å². The largest absolute Gasteiger partial charge is 0.319 e. The molecule has 0 saturated heterocycles. The standard InChI is InChI=1S/C17H24FN/c1-19-13-17(14-5-7-15(18)8-6-14)11-16(12-17)9-3-2-4-10-16/h5-8,19H,2-4,9-13H2,1H3. The zero-order valence-corrected chi connectivity index (χ0v) is 11.8. The fraction of sp³-hybridized carbons (Fsp3) is 0.647. The molecule has 1 aromatic rings. The summed E-state index contributed by atoms with van der Waals surface area (Å²) in [7, 11) is 2.02. The summed E-state index contributed by atoms with van der Waals surface area (Å²) in [5, 5.41) is 3.35. The number of rotatable bonds is 3. The van der Waals surface area contributed by atoms with E-state index in [1.165, 1.54) is 50.5 Å². The van der Waals surface area contributed by atoms with E-state index in [9.17, 15) is 4.39 Å². The predicted molar refractivity (Wildman–Crippen MR) is 76.8 cm³/mol. The third-order valence-electron chi connectivity index (χ3n) is 5.31. The minimum absolute atomic E-state index is 0.130. The molecule has 104 valence electrons. The molecule has 0 bridgehead atoms. The molecule has 2 aliphatic carbocycles. The highest BCUT2D eigenvalue weighted by atomic mass is 19.1. The Morgan fingerprint density at radius 1 is 1.05 bits per heavy atom. The summed E-state index contributed by atoms with van der Waals surface area (Å²) in [6.07, 6.45) is 9.59. The van der Waals surface area contributed by atoms with E-state index >= 15 is 0 Å². The SMILES string of the molecule is CNCC1(c2ccc(F)cc2)CC2(CCCCC2)C1. The molecule has 1 aromatic carbocycles. The Morgan fingerprint density at radius 2 is 1.68 bits per heavy atom. The summed E-state index contributed by atoms with van der Waals surface area (Å²) in [6, 6.07) is 7.20. The lowest BCUT2D eigenvalue weighted by molar-refractivity contribution is -0.0119. The number of nitrogens with one attached hydrogen (secondary N) is 1. The van der Waals surface area contributed by atoms with Gasteiger partial charge in [-0.15, -0.1) is 0 Å². The molecule has 2 heteroatoms. The Bertz CT molecular complexity index is 423. The molecule has 1 N–H and O–H groups in total. The summed E-state index contributed by atoms with van der Waals surface area (Å²) < 4.78 is 13.1. The van der Waals surface area contributed by atoms with Gasteiger partial charge in [-0.05, 0) is 55.8 Å². The molecule has 1 spiro atoms. The molecular weight excluding hydrogens is 237 g/mol. The van der Waals surface area contributed by atoms with Crippen LogP contribution >= 0.6 is 0 Å². The minimum atomic E-state index is -0.130. The van der Waals surface area contributed by atoms with Crippen molar-refractivity contribution in [2.75, 3.05) is 13.6 Å². The fourth-order valence-electron chi connectivity index (χ4n) is 4.61. The molecule has 0 amide bonds. The quantitative estimate of drug-likeness (QED) is 0.866. The van der Waals surface area contributed by atoms with Gasteiger partial charge in [0.15, 0.2) is 0 Å². The fourth-order valence-corrected chi connectivity index (χ4v) is 4.61. The van der Waals surface area contributed by atoms with Crippen LogP contribution in [0.15, 0.2) is 24.3 Å². The van der Waals surface area contributed by atoms with Crippen molar-refractivity contribution in [1.82, 2.24) is 5.32 Å². The lowest BCUT2D eigenvalue weighted by Gasteiger charge is -2.59. The van der Waals surface area contributed by atoms with Crippen LogP contribution in [0.1, 0.15) is 50.5 Å². The van der Waals surface area contributed by atoms with Gasteiger partial charge in [0.25, 0.3) is 0 Å². The highest BCUT2D eigenvalue weighted by Gasteiger charge is 2.54. The Kier molecular flexibility index (Phi) is 3.38. The molecule has 0 atom stereocenters. The number of hydrogen-bond acceptors (Lipinski definition) is 1. The van der Waals surface area contributed by atoms with Crippen LogP contribution in [0.3, 0.4) is 0 Å². The van der Waals surface area contributed by atoms with Gasteiger partial charge in [0.2, 0.25) is 0 Å². The maximum atomic E-state index is 13.1. The first-order valence-corrected chi connectivity index (χ1v) is 7.59. The van der Waals surface area contributed by atoms with Crippen molar-refractivity contribution in [3.63, 3.8) is 0 Å². The van der Waals surface area contributed by atoms with E-state index in [2.05, 4.69) is 5.32 Å². The Hall–Kier alpha value is -0.890. The molecule has 3 rings (SSSR count). The van der Waals surface area contributed by atoms with Crippen LogP contribution in [0.4, 0.5) is 4.39 Å². The zero-order chi connectivity index (χ0) is 13.3. The molecule has 19 heavy (non-hydrogen) atoms. The first-order valence-electron chi connectivity index (χ1n) is 7.59. The molecule has 2 fully saturated rings. The molecule has 0 unspecified atom stereocenters. The van der Waals surface area contributed by atoms with Crippen molar-refractivity contribution < 1.29 is 4.39 Å². The number of benzene rings is 1. The number of hydrogen-bond donors (Lipinski definition) is 1. The third kappa shape index (κ3) is 2.31. The van der Waals surface area contributed by atoms with E-state index in [-0.39, 0.29) is 11.2 Å². The normalized spacial score (nSPS) is 24.1. The van der Waals surface area contributed by atoms with Crippen molar-refractivity contribution >= 4 is 0 Å². The van der Waals surface area contributed by atoms with Crippen LogP contribution in [0, 0.1) is 11.2 Å². The maximum absolute atomic E-state index is 13.1. The average molecular weight is 261 g/mol. The number of halogens is 1. The van der Waals surface area contributed by atoms with E-state index in [1.54, 1.807) is 12.1 Å². The highest BCUT2D eigenvalue weighted by Crippen LogP contribution is 2.61. The molecule has 0 heterocycles. The van der Waals surface area contributed by atoms with Gasteiger partial charge < -0.3 is 5.32 Å². The van der Waals surface area contributed by atoms with E-state index in [1.807, 2.05) is 19.2 Å². The van der Waals surface area contributed by atoms with Crippen LogP contribution in [0.25, 0.3) is 0 Å². The topological polar surface area (TPSA) is 12.0 Å². The molecule has 0 radical (unpaired) electrons. The smallest absolute Gasteiger partial charge is 0.123 e. The van der Waals surface area contributed by atoms with E-state index in [0.29, 0.717) is 5.41 Å². The van der Waals surface area contributed by atoms with Crippen LogP contribution < -0.4 is 5.32 Å². The van der Waals surface area contributed by atoms with Gasteiger partial charge in [-0.2, -0.15) is 0 Å². The van der Waals surface area contributed by atoms with Crippen molar-refractivity contribution in [1.29, 1.82) is 0 Å². The number of likely N-dealkylation sites (N-methyl/N-ethyl adjacent to an activating group) is 1. The Balaban J connectivity index is 1.80. The summed E-state index contributed by atoms with van der Waals surface area (Å²) in [4.78, 5) is 0. The van der Waals surface area contributed by atoms with Crippen molar-refractivity contribution in [2.45, 2.75) is 50.4 Å². The predicted octanol–water partition coefficient (Wildman–Crippen LogP) is 4.03. The van der Waals surface area contributed by atoms with Crippen LogP contribution in [-0.4, -0.2) is 13.6 Å². The van der Waals surface area contributed by atoms with Crippen molar-refractivity contribution in [2.24, 2.45) is 5.41 Å². The average Bonchev–Trinajstić information content (AvgIpc) is 2.39. The molecule has 2 aliphatic rings. The second-order valence-corrected chi connectivity index (χ2v) is 6.73. The van der Waals surface area contributed by atoms with Gasteiger partial charge in [0.1, 0.15) is 5.82 Å². The summed E-state index contributed by atoms with van der Waals surface area (Å²) >= 11 is 0. The highest BCUT2D eigenvalue weighted by molar-refractivity contribution is 5.32. The summed E-state index contributed by atoms with van der Waals surface area (Å²) in [5.74, 6) is -0.130. The van der Waals surface area contributed by atoms with E-state index in [0.717, 1.165) is 6.54 Å². The minimum Gasteiger partial charge on any atom is -0.319 e. The van der Waals surface area contributed by atoms with E-state index < -0.39 is 0 Å². The van der Waals surface area contributed by atoms with Gasteiger partial charge in [0.05, 0.1) is 0 Å². The van der Waals surface area contributed by atoms with Crippen LogP contribution in [-0.2, 0) is 5.41 Å². The van der Waals surface area contributed by atoms with Gasteiger partial charge >= 0.3 is 0 Å².